The lowest BCUT2D eigenvalue weighted by molar-refractivity contribution is -0.162. The summed E-state index contributed by atoms with van der Waals surface area (Å²) >= 11 is 0. The molecule has 102 valence electrons. The number of ketones is 1. The van der Waals surface area contributed by atoms with Crippen LogP contribution in [0.25, 0.3) is 6.08 Å². The minimum Gasteiger partial charge on any atom is -0.363 e. The highest BCUT2D eigenvalue weighted by Gasteiger charge is 2.57. The highest BCUT2D eigenvalue weighted by atomic mass is 16.7. The number of para-hydroxylation sites is 1. The molecule has 1 aromatic carbocycles. The Morgan fingerprint density at radius 2 is 2.15 bits per heavy atom. The fraction of sp³-hybridized carbons (Fsp3) is 0.438. The molecule has 0 N–H and O–H groups in total. The van der Waals surface area contributed by atoms with E-state index in [0.717, 1.165) is 6.54 Å². The van der Waals surface area contributed by atoms with Crippen LogP contribution in [0.4, 0.5) is 5.69 Å². The molecule has 20 heavy (non-hydrogen) atoms. The molecule has 0 spiro atoms. The topological polar surface area (TPSA) is 38.8 Å². The van der Waals surface area contributed by atoms with E-state index in [4.69, 9.17) is 9.47 Å². The van der Waals surface area contributed by atoms with Crippen molar-refractivity contribution in [2.24, 2.45) is 11.8 Å². The molecular formula is C16H15NO3. The first-order valence-corrected chi connectivity index (χ1v) is 7.17. The van der Waals surface area contributed by atoms with Crippen molar-refractivity contribution in [2.75, 3.05) is 18.1 Å². The Bertz CT molecular complexity index is 626. The standard InChI is InChI=1S/C16H15NO3/c18-15-10-7-17-11-4-2-1-3-9(11)5-6-12(17)14(10)13-8-19-16(15)20-13/h1-6,10,12-14,16H,7-8H2/t10-,12+,13-,14-,16+/m1/s1. The van der Waals surface area contributed by atoms with Gasteiger partial charge in [-0.1, -0.05) is 30.4 Å². The second-order valence-corrected chi connectivity index (χ2v) is 5.99. The zero-order chi connectivity index (χ0) is 13.3. The molecule has 4 heterocycles. The molecule has 4 aliphatic heterocycles. The van der Waals surface area contributed by atoms with Crippen molar-refractivity contribution in [3.63, 3.8) is 0 Å². The number of hydrogen-bond acceptors (Lipinski definition) is 4. The Labute approximate surface area is 117 Å². The normalized spacial score (nSPS) is 40.5. The van der Waals surface area contributed by atoms with E-state index in [9.17, 15) is 4.79 Å². The Kier molecular flexibility index (Phi) is 2.05. The van der Waals surface area contributed by atoms with Crippen LogP contribution in [0.5, 0.6) is 0 Å². The van der Waals surface area contributed by atoms with E-state index in [0.29, 0.717) is 6.61 Å². The van der Waals surface area contributed by atoms with Crippen molar-refractivity contribution in [2.45, 2.75) is 18.4 Å². The zero-order valence-corrected chi connectivity index (χ0v) is 10.9. The SMILES string of the molecule is O=C1[C@H]2OC[C@@H](O2)[C@@H]2[C@H]1CN1c3ccccc3C=C[C@@H]21. The maximum atomic E-state index is 12.4. The largest absolute Gasteiger partial charge is 0.363 e. The number of anilines is 1. The molecule has 4 heteroatoms. The van der Waals surface area contributed by atoms with Gasteiger partial charge < -0.3 is 14.4 Å². The predicted molar refractivity (Wildman–Crippen MR) is 73.2 cm³/mol. The minimum atomic E-state index is -0.609. The van der Waals surface area contributed by atoms with Crippen LogP contribution in [0.15, 0.2) is 30.3 Å². The lowest BCUT2D eigenvalue weighted by Crippen LogP contribution is -2.45. The molecular weight excluding hydrogens is 254 g/mol. The summed E-state index contributed by atoms with van der Waals surface area (Å²) in [5.41, 5.74) is 2.47. The quantitative estimate of drug-likeness (QED) is 0.715. The summed E-state index contributed by atoms with van der Waals surface area (Å²) in [6.07, 6.45) is 3.85. The van der Waals surface area contributed by atoms with Crippen LogP contribution < -0.4 is 4.90 Å². The van der Waals surface area contributed by atoms with Crippen LogP contribution in [0, 0.1) is 11.8 Å². The number of ether oxygens (including phenoxy) is 2. The van der Waals surface area contributed by atoms with Crippen LogP contribution in [-0.2, 0) is 14.3 Å². The van der Waals surface area contributed by atoms with Crippen LogP contribution in [0.2, 0.25) is 0 Å². The lowest BCUT2D eigenvalue weighted by Gasteiger charge is -2.34. The third-order valence-corrected chi connectivity index (χ3v) is 5.07. The van der Waals surface area contributed by atoms with E-state index < -0.39 is 6.29 Å². The summed E-state index contributed by atoms with van der Waals surface area (Å²) < 4.78 is 11.2. The monoisotopic (exact) mass is 269 g/mol. The van der Waals surface area contributed by atoms with Crippen molar-refractivity contribution in [1.82, 2.24) is 0 Å². The molecule has 2 bridgehead atoms. The first kappa shape index (κ1) is 11.1. The third-order valence-electron chi connectivity index (χ3n) is 5.07. The van der Waals surface area contributed by atoms with Crippen molar-refractivity contribution in [3.8, 4) is 0 Å². The molecule has 0 radical (unpaired) electrons. The third kappa shape index (κ3) is 1.26. The van der Waals surface area contributed by atoms with E-state index in [1.165, 1.54) is 11.3 Å². The van der Waals surface area contributed by atoms with Crippen molar-refractivity contribution in [3.05, 3.63) is 35.9 Å². The maximum absolute atomic E-state index is 12.4. The van der Waals surface area contributed by atoms with E-state index in [2.05, 4.69) is 41.3 Å². The summed E-state index contributed by atoms with van der Waals surface area (Å²) in [6, 6.07) is 8.63. The average molecular weight is 269 g/mol. The smallest absolute Gasteiger partial charge is 0.218 e. The van der Waals surface area contributed by atoms with Gasteiger partial charge in [0, 0.05) is 24.1 Å². The average Bonchev–Trinajstić information content (AvgIpc) is 3.08. The Morgan fingerprint density at radius 3 is 3.10 bits per heavy atom. The number of Topliss-reactive ketones (excluding diaryl/α,β-unsaturated/α-hetero) is 1. The van der Waals surface area contributed by atoms with Gasteiger partial charge in [0.15, 0.2) is 5.78 Å². The molecule has 5 atom stereocenters. The number of hydrogen-bond donors (Lipinski definition) is 0. The fourth-order valence-corrected chi connectivity index (χ4v) is 4.19. The minimum absolute atomic E-state index is 0.0436. The summed E-state index contributed by atoms with van der Waals surface area (Å²) in [6.45, 7) is 1.34. The Hall–Kier alpha value is -1.65. The van der Waals surface area contributed by atoms with Gasteiger partial charge in [-0.05, 0) is 11.6 Å². The van der Waals surface area contributed by atoms with Gasteiger partial charge in [0.25, 0.3) is 0 Å². The van der Waals surface area contributed by atoms with E-state index in [1.807, 2.05) is 0 Å². The Morgan fingerprint density at radius 1 is 1.25 bits per heavy atom. The number of benzene rings is 1. The summed E-state index contributed by atoms with van der Waals surface area (Å²) in [4.78, 5) is 14.8. The lowest BCUT2D eigenvalue weighted by atomic mass is 9.81. The molecule has 4 aliphatic rings. The van der Waals surface area contributed by atoms with Crippen molar-refractivity contribution >= 4 is 17.5 Å². The van der Waals surface area contributed by atoms with E-state index in [1.54, 1.807) is 0 Å². The first-order chi connectivity index (χ1) is 9.83. The Balaban J connectivity index is 1.60. The molecule has 0 aromatic heterocycles. The second kappa shape index (κ2) is 3.71. The van der Waals surface area contributed by atoms with Gasteiger partial charge in [-0.15, -0.1) is 0 Å². The van der Waals surface area contributed by atoms with Gasteiger partial charge in [0.1, 0.15) is 0 Å². The molecule has 5 rings (SSSR count). The molecule has 4 nitrogen and oxygen atoms in total. The molecule has 1 aromatic rings. The van der Waals surface area contributed by atoms with Gasteiger partial charge in [-0.25, -0.2) is 0 Å². The molecule has 0 saturated carbocycles. The summed E-state index contributed by atoms with van der Waals surface area (Å²) in [5, 5.41) is 0. The highest BCUT2D eigenvalue weighted by Crippen LogP contribution is 2.46. The summed E-state index contributed by atoms with van der Waals surface area (Å²) in [7, 11) is 0. The molecule has 3 fully saturated rings. The number of fused-ring (bicyclic) bond motifs is 8. The van der Waals surface area contributed by atoms with Gasteiger partial charge in [-0.3, -0.25) is 4.79 Å². The van der Waals surface area contributed by atoms with Gasteiger partial charge >= 0.3 is 0 Å². The molecule has 0 amide bonds. The van der Waals surface area contributed by atoms with Gasteiger partial charge in [-0.2, -0.15) is 0 Å². The maximum Gasteiger partial charge on any atom is 0.218 e. The number of carbonyl (C=O) groups excluding carboxylic acids is 1. The summed E-state index contributed by atoms with van der Waals surface area (Å²) in [5.74, 6) is 0.400. The fourth-order valence-electron chi connectivity index (χ4n) is 4.19. The van der Waals surface area contributed by atoms with Gasteiger partial charge in [0.05, 0.1) is 18.8 Å². The van der Waals surface area contributed by atoms with Crippen LogP contribution in [-0.4, -0.2) is 37.4 Å². The zero-order valence-electron chi connectivity index (χ0n) is 10.9. The van der Waals surface area contributed by atoms with Crippen LogP contribution >= 0.6 is 0 Å². The molecule has 3 saturated heterocycles. The predicted octanol–water partition coefficient (Wildman–Crippen LogP) is 1.46. The van der Waals surface area contributed by atoms with Crippen molar-refractivity contribution < 1.29 is 14.3 Å². The number of nitrogens with zero attached hydrogens (tertiary/aromatic N) is 1. The van der Waals surface area contributed by atoms with E-state index in [-0.39, 0.29) is 29.8 Å². The van der Waals surface area contributed by atoms with Gasteiger partial charge in [0.2, 0.25) is 6.29 Å². The number of rotatable bonds is 0. The number of carbonyl (C=O) groups is 1. The van der Waals surface area contributed by atoms with Crippen LogP contribution in [0.1, 0.15) is 5.56 Å². The van der Waals surface area contributed by atoms with Crippen LogP contribution in [0.3, 0.4) is 0 Å². The molecule has 0 aliphatic carbocycles. The molecule has 0 unspecified atom stereocenters. The first-order valence-electron chi connectivity index (χ1n) is 7.17. The highest BCUT2D eigenvalue weighted by molar-refractivity contribution is 5.88. The second-order valence-electron chi connectivity index (χ2n) is 5.99. The van der Waals surface area contributed by atoms with E-state index >= 15 is 0 Å². The van der Waals surface area contributed by atoms with Crippen molar-refractivity contribution in [1.29, 1.82) is 0 Å².